The first-order chi connectivity index (χ1) is 10.1. The highest BCUT2D eigenvalue weighted by molar-refractivity contribution is 7.99. The normalized spacial score (nSPS) is 21.8. The maximum absolute atomic E-state index is 4.70. The Morgan fingerprint density at radius 3 is 2.67 bits per heavy atom. The molecule has 2 atom stereocenters. The van der Waals surface area contributed by atoms with Gasteiger partial charge in [0.25, 0.3) is 0 Å². The van der Waals surface area contributed by atoms with Gasteiger partial charge in [0.1, 0.15) is 17.5 Å². The molecule has 2 N–H and O–H groups in total. The summed E-state index contributed by atoms with van der Waals surface area (Å²) < 4.78 is 0. The van der Waals surface area contributed by atoms with Crippen LogP contribution >= 0.6 is 11.8 Å². The molecule has 0 amide bonds. The van der Waals surface area contributed by atoms with Gasteiger partial charge in [0.2, 0.25) is 0 Å². The average molecular weight is 308 g/mol. The van der Waals surface area contributed by atoms with Crippen molar-refractivity contribution in [1.29, 1.82) is 0 Å². The maximum atomic E-state index is 4.70. The standard InChI is InChI=1S/C16H28N4S/c1-5-17-14-10-15(20-16(19-14)11(3)4)18-12-8-7-9-13(12)21-6-2/h10-13H,5-9H2,1-4H3,(H2,17,18,19,20). The number of aromatic nitrogens is 2. The van der Waals surface area contributed by atoms with E-state index in [1.165, 1.54) is 25.0 Å². The molecule has 2 unspecified atom stereocenters. The van der Waals surface area contributed by atoms with Crippen LogP contribution in [0, 0.1) is 0 Å². The van der Waals surface area contributed by atoms with Crippen LogP contribution in [0.3, 0.4) is 0 Å². The van der Waals surface area contributed by atoms with Gasteiger partial charge in [0.05, 0.1) is 0 Å². The van der Waals surface area contributed by atoms with Crippen molar-refractivity contribution in [2.45, 2.75) is 64.2 Å². The lowest BCUT2D eigenvalue weighted by Crippen LogP contribution is -2.27. The van der Waals surface area contributed by atoms with Gasteiger partial charge in [-0.15, -0.1) is 0 Å². The van der Waals surface area contributed by atoms with Gasteiger partial charge in [-0.05, 0) is 25.5 Å². The van der Waals surface area contributed by atoms with Gasteiger partial charge in [-0.1, -0.05) is 27.2 Å². The summed E-state index contributed by atoms with van der Waals surface area (Å²) in [6.45, 7) is 9.49. The van der Waals surface area contributed by atoms with Crippen LogP contribution in [0.25, 0.3) is 0 Å². The van der Waals surface area contributed by atoms with Gasteiger partial charge < -0.3 is 10.6 Å². The van der Waals surface area contributed by atoms with Crippen LogP contribution in [0.4, 0.5) is 11.6 Å². The number of rotatable bonds is 7. The minimum Gasteiger partial charge on any atom is -0.370 e. The van der Waals surface area contributed by atoms with E-state index < -0.39 is 0 Å². The van der Waals surface area contributed by atoms with Crippen molar-refractivity contribution < 1.29 is 0 Å². The van der Waals surface area contributed by atoms with Crippen molar-refractivity contribution in [2.24, 2.45) is 0 Å². The van der Waals surface area contributed by atoms with Crippen LogP contribution in [0.15, 0.2) is 6.07 Å². The molecule has 0 aromatic carbocycles. The largest absolute Gasteiger partial charge is 0.370 e. The van der Waals surface area contributed by atoms with E-state index in [4.69, 9.17) is 4.98 Å². The summed E-state index contributed by atoms with van der Waals surface area (Å²) in [5.41, 5.74) is 0. The second-order valence-electron chi connectivity index (χ2n) is 5.86. The molecule has 0 radical (unpaired) electrons. The van der Waals surface area contributed by atoms with E-state index >= 15 is 0 Å². The first-order valence-corrected chi connectivity index (χ1v) is 9.19. The third-order valence-corrected chi connectivity index (χ3v) is 5.11. The molecule has 1 aromatic heterocycles. The summed E-state index contributed by atoms with van der Waals surface area (Å²) in [6, 6.07) is 2.58. The molecule has 1 fully saturated rings. The van der Waals surface area contributed by atoms with Crippen LogP contribution in [0.2, 0.25) is 0 Å². The zero-order chi connectivity index (χ0) is 15.2. The summed E-state index contributed by atoms with van der Waals surface area (Å²) in [7, 11) is 0. The summed E-state index contributed by atoms with van der Waals surface area (Å²) in [5, 5.41) is 7.68. The Labute approximate surface area is 132 Å². The first kappa shape index (κ1) is 16.4. The number of hydrogen-bond acceptors (Lipinski definition) is 5. The second kappa shape index (κ2) is 7.87. The van der Waals surface area contributed by atoms with Crippen molar-refractivity contribution in [2.75, 3.05) is 22.9 Å². The highest BCUT2D eigenvalue weighted by atomic mass is 32.2. The molecule has 2 rings (SSSR count). The van der Waals surface area contributed by atoms with Crippen LogP contribution in [-0.4, -0.2) is 33.6 Å². The predicted molar refractivity (Wildman–Crippen MR) is 93.5 cm³/mol. The van der Waals surface area contributed by atoms with Gasteiger partial charge >= 0.3 is 0 Å². The highest BCUT2D eigenvalue weighted by Crippen LogP contribution is 2.32. The van der Waals surface area contributed by atoms with Crippen LogP contribution in [0.1, 0.15) is 58.7 Å². The van der Waals surface area contributed by atoms with Crippen LogP contribution in [-0.2, 0) is 0 Å². The van der Waals surface area contributed by atoms with Gasteiger partial charge in [-0.25, -0.2) is 9.97 Å². The van der Waals surface area contributed by atoms with Crippen LogP contribution < -0.4 is 10.6 Å². The fraction of sp³-hybridized carbons (Fsp3) is 0.750. The lowest BCUT2D eigenvalue weighted by Gasteiger charge is -2.21. The van der Waals surface area contributed by atoms with Gasteiger partial charge in [-0.3, -0.25) is 0 Å². The van der Waals surface area contributed by atoms with E-state index in [0.29, 0.717) is 12.0 Å². The number of nitrogens with zero attached hydrogens (tertiary/aromatic N) is 2. The molecule has 0 aliphatic heterocycles. The molecule has 21 heavy (non-hydrogen) atoms. The summed E-state index contributed by atoms with van der Waals surface area (Å²) in [5.74, 6) is 4.34. The minimum absolute atomic E-state index is 0.341. The van der Waals surface area contributed by atoms with Crippen molar-refractivity contribution >= 4 is 23.4 Å². The fourth-order valence-corrected chi connectivity index (χ4v) is 3.96. The quantitative estimate of drug-likeness (QED) is 0.793. The Morgan fingerprint density at radius 2 is 2.00 bits per heavy atom. The minimum atomic E-state index is 0.341. The molecule has 1 aromatic rings. The number of hydrogen-bond donors (Lipinski definition) is 2. The topological polar surface area (TPSA) is 49.8 Å². The Hall–Kier alpha value is -0.970. The van der Waals surface area contributed by atoms with Gasteiger partial charge in [-0.2, -0.15) is 11.8 Å². The lowest BCUT2D eigenvalue weighted by atomic mass is 10.2. The summed E-state index contributed by atoms with van der Waals surface area (Å²) in [4.78, 5) is 9.29. The van der Waals surface area contributed by atoms with Gasteiger partial charge in [0, 0.05) is 29.8 Å². The molecule has 118 valence electrons. The molecule has 0 bridgehead atoms. The predicted octanol–water partition coefficient (Wildman–Crippen LogP) is 4.12. The SMILES string of the molecule is CCNc1cc(NC2CCCC2SCC)nc(C(C)C)n1. The monoisotopic (exact) mass is 308 g/mol. The molecule has 4 nitrogen and oxygen atoms in total. The zero-order valence-corrected chi connectivity index (χ0v) is 14.5. The molecule has 1 aliphatic carbocycles. The van der Waals surface area contributed by atoms with Crippen LogP contribution in [0.5, 0.6) is 0 Å². The molecule has 1 aliphatic rings. The third-order valence-electron chi connectivity index (χ3n) is 3.78. The molecule has 0 spiro atoms. The zero-order valence-electron chi connectivity index (χ0n) is 13.6. The maximum Gasteiger partial charge on any atom is 0.135 e. The molecule has 0 saturated heterocycles. The molecular weight excluding hydrogens is 280 g/mol. The van der Waals surface area contributed by atoms with E-state index in [2.05, 4.69) is 55.1 Å². The second-order valence-corrected chi connectivity index (χ2v) is 7.37. The average Bonchev–Trinajstić information content (AvgIpc) is 2.86. The molecule has 1 heterocycles. The molecule has 5 heteroatoms. The third kappa shape index (κ3) is 4.50. The van der Waals surface area contributed by atoms with Crippen molar-refractivity contribution in [1.82, 2.24) is 9.97 Å². The summed E-state index contributed by atoms with van der Waals surface area (Å²) in [6.07, 6.45) is 3.88. The van der Waals surface area contributed by atoms with Crippen molar-refractivity contribution in [3.63, 3.8) is 0 Å². The molecular formula is C16H28N4S. The van der Waals surface area contributed by atoms with Gasteiger partial charge in [0.15, 0.2) is 0 Å². The van der Waals surface area contributed by atoms with E-state index in [1.807, 2.05) is 6.07 Å². The molecule has 1 saturated carbocycles. The van der Waals surface area contributed by atoms with E-state index in [9.17, 15) is 0 Å². The Morgan fingerprint density at radius 1 is 1.24 bits per heavy atom. The van der Waals surface area contributed by atoms with E-state index in [-0.39, 0.29) is 0 Å². The highest BCUT2D eigenvalue weighted by Gasteiger charge is 2.27. The Kier molecular flexibility index (Phi) is 6.15. The fourth-order valence-electron chi connectivity index (χ4n) is 2.76. The van der Waals surface area contributed by atoms with E-state index in [1.54, 1.807) is 0 Å². The first-order valence-electron chi connectivity index (χ1n) is 8.15. The lowest BCUT2D eigenvalue weighted by molar-refractivity contribution is 0.743. The Bertz CT molecular complexity index is 450. The van der Waals surface area contributed by atoms with Crippen molar-refractivity contribution in [3.05, 3.63) is 11.9 Å². The smallest absolute Gasteiger partial charge is 0.135 e. The number of anilines is 2. The summed E-state index contributed by atoms with van der Waals surface area (Å²) >= 11 is 2.07. The van der Waals surface area contributed by atoms with E-state index in [0.717, 1.165) is 29.3 Å². The number of nitrogens with one attached hydrogen (secondary N) is 2. The Balaban J connectivity index is 2.14. The van der Waals surface area contributed by atoms with Crippen molar-refractivity contribution in [3.8, 4) is 0 Å². The number of thioether (sulfide) groups is 1.